The largest absolute Gasteiger partial charge is 0.506 e. The highest BCUT2D eigenvalue weighted by atomic mass is 35.5. The first kappa shape index (κ1) is 10.8. The fourth-order valence-corrected chi connectivity index (χ4v) is 3.37. The van der Waals surface area contributed by atoms with Crippen LogP contribution in [-0.2, 0) is 12.8 Å². The molecule has 0 saturated carbocycles. The Kier molecular flexibility index (Phi) is 2.82. The van der Waals surface area contributed by atoms with E-state index in [1.54, 1.807) is 12.1 Å². The lowest BCUT2D eigenvalue weighted by Crippen LogP contribution is -2.24. The molecule has 0 radical (unpaired) electrons. The van der Waals surface area contributed by atoms with Gasteiger partial charge in [-0.15, -0.1) is 0 Å². The smallest absolute Gasteiger partial charge is 0.134 e. The highest BCUT2D eigenvalue weighted by Gasteiger charge is 2.23. The molecule has 1 aromatic carbocycles. The molecule has 1 aliphatic carbocycles. The SMILES string of the molecule is [2H]C1([2H])CNCC([2H])([2H])C1=C1c2ccc(Cl)cc2CCc2cc(O)cnc21. The summed E-state index contributed by atoms with van der Waals surface area (Å²) in [6.45, 7) is 0.0589. The van der Waals surface area contributed by atoms with Crippen LogP contribution in [0.1, 0.15) is 40.6 Å². The summed E-state index contributed by atoms with van der Waals surface area (Å²) in [5.41, 5.74) is 3.55. The zero-order valence-electron chi connectivity index (χ0n) is 16.5. The van der Waals surface area contributed by atoms with Crippen LogP contribution in [0.4, 0.5) is 0 Å². The van der Waals surface area contributed by atoms with Crippen LogP contribution in [-0.4, -0.2) is 23.2 Å². The number of piperidine rings is 1. The molecule has 118 valence electrons. The van der Waals surface area contributed by atoms with E-state index in [0.29, 0.717) is 29.1 Å². The Morgan fingerprint density at radius 1 is 1.13 bits per heavy atom. The molecule has 4 rings (SSSR count). The van der Waals surface area contributed by atoms with Crippen molar-refractivity contribution in [1.29, 1.82) is 0 Å². The summed E-state index contributed by atoms with van der Waals surface area (Å²) in [5, 5.41) is 13.3. The van der Waals surface area contributed by atoms with Gasteiger partial charge in [0.05, 0.1) is 11.9 Å². The van der Waals surface area contributed by atoms with Gasteiger partial charge >= 0.3 is 0 Å². The Labute approximate surface area is 146 Å². The van der Waals surface area contributed by atoms with Gasteiger partial charge in [-0.25, -0.2) is 0 Å². The molecule has 0 bridgehead atoms. The summed E-state index contributed by atoms with van der Waals surface area (Å²) in [4.78, 5) is 4.39. The summed E-state index contributed by atoms with van der Waals surface area (Å²) in [5.74, 6) is 0.0402. The van der Waals surface area contributed by atoms with Gasteiger partial charge in [0.2, 0.25) is 0 Å². The second-order valence-corrected chi connectivity index (χ2v) is 6.15. The van der Waals surface area contributed by atoms with Crippen LogP contribution in [0.25, 0.3) is 5.57 Å². The van der Waals surface area contributed by atoms with Crippen molar-refractivity contribution in [2.24, 2.45) is 0 Å². The van der Waals surface area contributed by atoms with Gasteiger partial charge < -0.3 is 10.4 Å². The minimum atomic E-state index is -1.88. The van der Waals surface area contributed by atoms with Crippen LogP contribution in [0.5, 0.6) is 5.75 Å². The second kappa shape index (κ2) is 5.99. The summed E-state index contributed by atoms with van der Waals surface area (Å²) in [6, 6.07) is 7.02. The van der Waals surface area contributed by atoms with Gasteiger partial charge in [-0.2, -0.15) is 0 Å². The Morgan fingerprint density at radius 3 is 2.74 bits per heavy atom. The van der Waals surface area contributed by atoms with Crippen molar-refractivity contribution in [2.75, 3.05) is 13.1 Å². The number of benzene rings is 1. The number of rotatable bonds is 0. The van der Waals surface area contributed by atoms with E-state index in [4.69, 9.17) is 17.1 Å². The first-order chi connectivity index (χ1) is 12.7. The van der Waals surface area contributed by atoms with E-state index < -0.39 is 12.7 Å². The average molecular weight is 331 g/mol. The fourth-order valence-electron chi connectivity index (χ4n) is 3.18. The lowest BCUT2D eigenvalue weighted by molar-refractivity contribution is 0.471. The summed E-state index contributed by atoms with van der Waals surface area (Å²) < 4.78 is 34.1. The molecule has 0 atom stereocenters. The molecule has 2 heterocycles. The number of halogens is 1. The topological polar surface area (TPSA) is 45.1 Å². The normalized spacial score (nSPS) is 24.4. The van der Waals surface area contributed by atoms with Crippen LogP contribution >= 0.6 is 11.6 Å². The zero-order chi connectivity index (χ0) is 19.4. The summed E-state index contributed by atoms with van der Waals surface area (Å²) in [7, 11) is 0. The van der Waals surface area contributed by atoms with E-state index in [2.05, 4.69) is 10.3 Å². The van der Waals surface area contributed by atoms with E-state index in [1.165, 1.54) is 6.20 Å². The molecule has 1 saturated heterocycles. The van der Waals surface area contributed by atoms with Crippen LogP contribution < -0.4 is 5.32 Å². The van der Waals surface area contributed by atoms with Crippen LogP contribution in [0.15, 0.2) is 36.0 Å². The van der Waals surface area contributed by atoms with Gasteiger partial charge in [0.15, 0.2) is 0 Å². The van der Waals surface area contributed by atoms with Gasteiger partial charge in [0.1, 0.15) is 5.75 Å². The van der Waals surface area contributed by atoms with Crippen molar-refractivity contribution in [3.8, 4) is 5.75 Å². The fraction of sp³-hybridized carbons (Fsp3) is 0.316. The third-order valence-corrected chi connectivity index (χ3v) is 4.45. The minimum Gasteiger partial charge on any atom is -0.506 e. The number of pyridine rings is 1. The third kappa shape index (κ3) is 2.75. The predicted octanol–water partition coefficient (Wildman–Crippen LogP) is 3.72. The molecule has 0 unspecified atom stereocenters. The van der Waals surface area contributed by atoms with Gasteiger partial charge in [-0.1, -0.05) is 23.2 Å². The van der Waals surface area contributed by atoms with Crippen molar-refractivity contribution in [2.45, 2.75) is 25.6 Å². The first-order valence-corrected chi connectivity index (χ1v) is 8.00. The number of aryl methyl sites for hydroxylation is 2. The summed E-state index contributed by atoms with van der Waals surface area (Å²) in [6.07, 6.45) is -1.18. The molecule has 1 aromatic heterocycles. The monoisotopic (exact) mass is 330 g/mol. The molecule has 23 heavy (non-hydrogen) atoms. The highest BCUT2D eigenvalue weighted by molar-refractivity contribution is 6.30. The molecule has 2 aliphatic rings. The maximum Gasteiger partial charge on any atom is 0.134 e. The van der Waals surface area contributed by atoms with Gasteiger partial charge in [-0.3, -0.25) is 4.98 Å². The highest BCUT2D eigenvalue weighted by Crippen LogP contribution is 2.38. The molecule has 0 amide bonds. The average Bonchev–Trinajstić information content (AvgIpc) is 2.70. The van der Waals surface area contributed by atoms with Gasteiger partial charge in [-0.05, 0) is 73.6 Å². The number of fused-ring (bicyclic) bond motifs is 2. The number of hydrogen-bond acceptors (Lipinski definition) is 3. The van der Waals surface area contributed by atoms with Gasteiger partial charge in [0, 0.05) is 16.1 Å². The predicted molar refractivity (Wildman–Crippen MR) is 92.9 cm³/mol. The molecule has 3 nitrogen and oxygen atoms in total. The molecule has 2 N–H and O–H groups in total. The van der Waals surface area contributed by atoms with E-state index in [-0.39, 0.29) is 24.4 Å². The van der Waals surface area contributed by atoms with Crippen LogP contribution in [0, 0.1) is 0 Å². The van der Waals surface area contributed by atoms with E-state index >= 15 is 0 Å². The number of aromatic hydroxyl groups is 1. The number of nitrogens with one attached hydrogen (secondary N) is 1. The van der Waals surface area contributed by atoms with E-state index in [0.717, 1.165) is 16.7 Å². The van der Waals surface area contributed by atoms with E-state index in [9.17, 15) is 5.11 Å². The van der Waals surface area contributed by atoms with Crippen molar-refractivity contribution in [1.82, 2.24) is 10.3 Å². The standard InChI is InChI=1S/C19H19ClN2O/c20-15-3-4-17-13(9-15)1-2-14-10-16(23)11-22-19(14)18(17)12-5-7-21-8-6-12/h3-4,9-11,21,23H,1-2,5-8H2/i5D2,6D2. The van der Waals surface area contributed by atoms with Gasteiger partial charge in [0.25, 0.3) is 0 Å². The third-order valence-electron chi connectivity index (χ3n) is 4.22. The Morgan fingerprint density at radius 2 is 1.91 bits per heavy atom. The quantitative estimate of drug-likeness (QED) is 0.773. The van der Waals surface area contributed by atoms with E-state index in [1.807, 2.05) is 12.1 Å². The Bertz CT molecular complexity index is 885. The molecular weight excluding hydrogens is 308 g/mol. The summed E-state index contributed by atoms with van der Waals surface area (Å²) >= 11 is 6.18. The minimum absolute atomic E-state index is 0.0294. The maximum atomic E-state index is 9.89. The molecule has 1 fully saturated rings. The van der Waals surface area contributed by atoms with Crippen molar-refractivity contribution >= 4 is 17.2 Å². The molecule has 2 aromatic rings. The number of aromatic nitrogens is 1. The zero-order valence-corrected chi connectivity index (χ0v) is 13.2. The molecular formula is C19H19ClN2O. The first-order valence-electron chi connectivity index (χ1n) is 9.62. The number of hydrogen-bond donors (Lipinski definition) is 2. The maximum absolute atomic E-state index is 9.89. The Hall–Kier alpha value is -1.84. The molecule has 1 aliphatic heterocycles. The lowest BCUT2D eigenvalue weighted by Gasteiger charge is -2.21. The Balaban J connectivity index is 2.12. The second-order valence-electron chi connectivity index (χ2n) is 5.71. The lowest BCUT2D eigenvalue weighted by atomic mass is 9.89. The van der Waals surface area contributed by atoms with Crippen molar-refractivity contribution in [3.63, 3.8) is 0 Å². The van der Waals surface area contributed by atoms with Crippen molar-refractivity contribution in [3.05, 3.63) is 63.4 Å². The van der Waals surface area contributed by atoms with Crippen LogP contribution in [0.2, 0.25) is 5.02 Å². The van der Waals surface area contributed by atoms with Crippen LogP contribution in [0.3, 0.4) is 0 Å². The number of nitrogens with zero attached hydrogens (tertiary/aromatic N) is 1. The van der Waals surface area contributed by atoms with Crippen molar-refractivity contribution < 1.29 is 10.6 Å². The molecule has 4 heteroatoms. The molecule has 0 spiro atoms.